The predicted molar refractivity (Wildman–Crippen MR) is 97.3 cm³/mol. The van der Waals surface area contributed by atoms with Crippen LogP contribution in [0.5, 0.6) is 0 Å². The first kappa shape index (κ1) is 16.4. The maximum absolute atomic E-state index is 12.0. The molecule has 24 heavy (non-hydrogen) atoms. The lowest BCUT2D eigenvalue weighted by Gasteiger charge is -2.03. The van der Waals surface area contributed by atoms with Gasteiger partial charge in [-0.3, -0.25) is 14.9 Å². The third-order valence-electron chi connectivity index (χ3n) is 3.26. The molecule has 5 nitrogen and oxygen atoms in total. The van der Waals surface area contributed by atoms with E-state index < -0.39 is 0 Å². The SMILES string of the molecule is CC(=O)NCc1ccc(-c2csc(NC(=O)c3cccs3)n2)cc1. The van der Waals surface area contributed by atoms with Gasteiger partial charge in [0.2, 0.25) is 5.91 Å². The molecular weight excluding hydrogens is 342 g/mol. The number of aromatic nitrogens is 1. The van der Waals surface area contributed by atoms with Crippen LogP contribution in [0.25, 0.3) is 11.3 Å². The van der Waals surface area contributed by atoms with E-state index in [0.29, 0.717) is 16.6 Å². The first-order chi connectivity index (χ1) is 11.6. The van der Waals surface area contributed by atoms with Gasteiger partial charge < -0.3 is 5.32 Å². The van der Waals surface area contributed by atoms with E-state index in [-0.39, 0.29) is 11.8 Å². The third-order valence-corrected chi connectivity index (χ3v) is 4.89. The van der Waals surface area contributed by atoms with Crippen LogP contribution in [-0.4, -0.2) is 16.8 Å². The number of hydrogen-bond acceptors (Lipinski definition) is 5. The molecule has 0 bridgehead atoms. The number of rotatable bonds is 5. The zero-order valence-electron chi connectivity index (χ0n) is 12.9. The molecule has 0 saturated heterocycles. The summed E-state index contributed by atoms with van der Waals surface area (Å²) in [5.74, 6) is -0.193. The monoisotopic (exact) mass is 357 g/mol. The van der Waals surface area contributed by atoms with Gasteiger partial charge in [0.15, 0.2) is 5.13 Å². The molecule has 2 amide bonds. The summed E-state index contributed by atoms with van der Waals surface area (Å²) in [6.07, 6.45) is 0. The molecular formula is C17H15N3O2S2. The molecule has 0 unspecified atom stereocenters. The van der Waals surface area contributed by atoms with Crippen molar-refractivity contribution in [1.82, 2.24) is 10.3 Å². The number of carbonyl (C=O) groups excluding carboxylic acids is 2. The lowest BCUT2D eigenvalue weighted by molar-refractivity contribution is -0.119. The average Bonchev–Trinajstić information content (AvgIpc) is 3.25. The lowest BCUT2D eigenvalue weighted by Crippen LogP contribution is -2.18. The molecule has 7 heteroatoms. The van der Waals surface area contributed by atoms with Crippen LogP contribution in [0, 0.1) is 0 Å². The first-order valence-electron chi connectivity index (χ1n) is 7.26. The molecule has 1 aromatic carbocycles. The summed E-state index contributed by atoms with van der Waals surface area (Å²) < 4.78 is 0. The largest absolute Gasteiger partial charge is 0.352 e. The number of benzene rings is 1. The molecule has 122 valence electrons. The second-order valence-corrected chi connectivity index (χ2v) is 6.88. The van der Waals surface area contributed by atoms with E-state index in [0.717, 1.165) is 16.8 Å². The Balaban J connectivity index is 1.66. The van der Waals surface area contributed by atoms with Crippen LogP contribution < -0.4 is 10.6 Å². The van der Waals surface area contributed by atoms with Gasteiger partial charge >= 0.3 is 0 Å². The van der Waals surface area contributed by atoms with E-state index in [1.165, 1.54) is 29.6 Å². The molecule has 2 heterocycles. The van der Waals surface area contributed by atoms with Gasteiger partial charge in [-0.05, 0) is 17.0 Å². The molecule has 2 N–H and O–H groups in total. The number of nitrogens with zero attached hydrogens (tertiary/aromatic N) is 1. The molecule has 2 aromatic heterocycles. The molecule has 0 saturated carbocycles. The topological polar surface area (TPSA) is 71.1 Å². The smallest absolute Gasteiger partial charge is 0.267 e. The zero-order valence-corrected chi connectivity index (χ0v) is 14.5. The third kappa shape index (κ3) is 4.06. The van der Waals surface area contributed by atoms with Gasteiger partial charge in [0.05, 0.1) is 10.6 Å². The van der Waals surface area contributed by atoms with E-state index in [9.17, 15) is 9.59 Å². The van der Waals surface area contributed by atoms with Gasteiger partial charge in [-0.2, -0.15) is 0 Å². The minimum atomic E-state index is -0.142. The van der Waals surface area contributed by atoms with Gasteiger partial charge in [-0.15, -0.1) is 22.7 Å². The highest BCUT2D eigenvalue weighted by molar-refractivity contribution is 7.14. The Labute approximate surface area is 147 Å². The molecule has 0 aliphatic heterocycles. The fraction of sp³-hybridized carbons (Fsp3) is 0.118. The van der Waals surface area contributed by atoms with E-state index in [1.807, 2.05) is 41.1 Å². The van der Waals surface area contributed by atoms with Crippen molar-refractivity contribution in [3.63, 3.8) is 0 Å². The number of amides is 2. The van der Waals surface area contributed by atoms with Gasteiger partial charge in [0.1, 0.15) is 0 Å². The van der Waals surface area contributed by atoms with Crippen LogP contribution in [0.15, 0.2) is 47.2 Å². The number of thiophene rings is 1. The molecule has 0 fully saturated rings. The standard InChI is InChI=1S/C17H15N3O2S2/c1-11(21)18-9-12-4-6-13(7-5-12)14-10-24-17(19-14)20-16(22)15-3-2-8-23-15/h2-8,10H,9H2,1H3,(H,18,21)(H,19,20,22). The predicted octanol–water partition coefficient (Wildman–Crippen LogP) is 3.76. The number of carbonyl (C=O) groups is 2. The second kappa shape index (κ2) is 7.37. The molecule has 3 aromatic rings. The zero-order chi connectivity index (χ0) is 16.9. The molecule has 0 atom stereocenters. The summed E-state index contributed by atoms with van der Waals surface area (Å²) in [6.45, 7) is 2.00. The molecule has 0 aliphatic rings. The van der Waals surface area contributed by atoms with E-state index >= 15 is 0 Å². The maximum atomic E-state index is 12.0. The second-order valence-electron chi connectivity index (χ2n) is 5.08. The normalized spacial score (nSPS) is 10.4. The minimum Gasteiger partial charge on any atom is -0.352 e. The fourth-order valence-electron chi connectivity index (χ4n) is 2.05. The lowest BCUT2D eigenvalue weighted by atomic mass is 10.1. The fourth-order valence-corrected chi connectivity index (χ4v) is 3.38. The quantitative estimate of drug-likeness (QED) is 0.730. The van der Waals surface area contributed by atoms with Crippen molar-refractivity contribution in [2.75, 3.05) is 5.32 Å². The Morgan fingerprint density at radius 3 is 2.58 bits per heavy atom. The summed E-state index contributed by atoms with van der Waals surface area (Å²) in [5, 5.41) is 9.92. The van der Waals surface area contributed by atoms with Gasteiger partial charge in [0, 0.05) is 24.4 Å². The van der Waals surface area contributed by atoms with Crippen LogP contribution in [0.2, 0.25) is 0 Å². The van der Waals surface area contributed by atoms with Crippen LogP contribution in [0.1, 0.15) is 22.2 Å². The molecule has 0 aliphatic carbocycles. The molecule has 0 spiro atoms. The number of nitrogens with one attached hydrogen (secondary N) is 2. The van der Waals surface area contributed by atoms with E-state index in [4.69, 9.17) is 0 Å². The summed E-state index contributed by atoms with van der Waals surface area (Å²) in [5.41, 5.74) is 2.80. The maximum Gasteiger partial charge on any atom is 0.267 e. The van der Waals surface area contributed by atoms with Gasteiger partial charge in [-0.1, -0.05) is 30.3 Å². The van der Waals surface area contributed by atoms with Crippen molar-refractivity contribution in [3.05, 3.63) is 57.6 Å². The van der Waals surface area contributed by atoms with Crippen LogP contribution in [-0.2, 0) is 11.3 Å². The van der Waals surface area contributed by atoms with Crippen molar-refractivity contribution < 1.29 is 9.59 Å². The average molecular weight is 357 g/mol. The Hall–Kier alpha value is -2.51. The number of thiazole rings is 1. The van der Waals surface area contributed by atoms with Crippen LogP contribution in [0.3, 0.4) is 0 Å². The highest BCUT2D eigenvalue weighted by Crippen LogP contribution is 2.25. The Morgan fingerprint density at radius 2 is 1.92 bits per heavy atom. The van der Waals surface area contributed by atoms with Crippen LogP contribution >= 0.6 is 22.7 Å². The summed E-state index contributed by atoms with van der Waals surface area (Å²) in [7, 11) is 0. The molecule has 0 radical (unpaired) electrons. The van der Waals surface area contributed by atoms with Crippen molar-refractivity contribution in [3.8, 4) is 11.3 Å². The summed E-state index contributed by atoms with van der Waals surface area (Å²) >= 11 is 2.79. The van der Waals surface area contributed by atoms with Crippen molar-refractivity contribution in [2.24, 2.45) is 0 Å². The Kier molecular flexibility index (Phi) is 5.02. The van der Waals surface area contributed by atoms with Crippen molar-refractivity contribution >= 4 is 39.6 Å². The van der Waals surface area contributed by atoms with E-state index in [1.54, 1.807) is 6.07 Å². The Bertz CT molecular complexity index is 839. The van der Waals surface area contributed by atoms with Gasteiger partial charge in [-0.25, -0.2) is 4.98 Å². The highest BCUT2D eigenvalue weighted by Gasteiger charge is 2.10. The van der Waals surface area contributed by atoms with Crippen molar-refractivity contribution in [1.29, 1.82) is 0 Å². The van der Waals surface area contributed by atoms with E-state index in [2.05, 4.69) is 15.6 Å². The summed E-state index contributed by atoms with van der Waals surface area (Å²) in [6, 6.07) is 11.4. The van der Waals surface area contributed by atoms with Gasteiger partial charge in [0.25, 0.3) is 5.91 Å². The van der Waals surface area contributed by atoms with Crippen LogP contribution in [0.4, 0.5) is 5.13 Å². The number of hydrogen-bond donors (Lipinski definition) is 2. The molecule has 3 rings (SSSR count). The first-order valence-corrected chi connectivity index (χ1v) is 9.02. The van der Waals surface area contributed by atoms with Crippen molar-refractivity contribution in [2.45, 2.75) is 13.5 Å². The Morgan fingerprint density at radius 1 is 1.12 bits per heavy atom. The highest BCUT2D eigenvalue weighted by atomic mass is 32.1. The number of anilines is 1. The minimum absolute atomic E-state index is 0.0512. The summed E-state index contributed by atoms with van der Waals surface area (Å²) in [4.78, 5) is 28.1.